The van der Waals surface area contributed by atoms with Gasteiger partial charge in [-0.1, -0.05) is 6.07 Å². The topological polar surface area (TPSA) is 24.9 Å². The molecule has 1 aromatic carbocycles. The van der Waals surface area contributed by atoms with Gasteiger partial charge < -0.3 is 5.32 Å². The number of hydrogen-bond acceptors (Lipinski definition) is 2. The van der Waals surface area contributed by atoms with Crippen molar-refractivity contribution < 1.29 is 8.78 Å². The molecule has 0 atom stereocenters. The second kappa shape index (κ2) is 4.26. The number of aryl methyl sites for hydroxylation is 1. The summed E-state index contributed by atoms with van der Waals surface area (Å²) in [5.74, 6) is -0.901. The first-order chi connectivity index (χ1) is 7.65. The van der Waals surface area contributed by atoms with E-state index in [0.717, 1.165) is 5.56 Å². The maximum atomic E-state index is 13.0. The van der Waals surface area contributed by atoms with Crippen LogP contribution in [0.25, 0.3) is 0 Å². The summed E-state index contributed by atoms with van der Waals surface area (Å²) in [6.07, 6.45) is 1.35. The third-order valence-electron chi connectivity index (χ3n) is 2.21. The standard InChI is InChI=1S/C12H10F2N2/c1-8-2-3-9(13)6-11(8)16-10-4-5-15-12(14)7-10/h2-7H,1H3,(H,15,16). The minimum absolute atomic E-state index is 0.331. The summed E-state index contributed by atoms with van der Waals surface area (Å²) in [5, 5.41) is 2.93. The van der Waals surface area contributed by atoms with Crippen LogP contribution in [-0.4, -0.2) is 4.98 Å². The van der Waals surface area contributed by atoms with Crippen molar-refractivity contribution in [1.29, 1.82) is 0 Å². The molecule has 1 aromatic heterocycles. The highest BCUT2D eigenvalue weighted by Gasteiger charge is 2.01. The van der Waals surface area contributed by atoms with Gasteiger partial charge in [-0.15, -0.1) is 0 Å². The van der Waals surface area contributed by atoms with Crippen molar-refractivity contribution in [3.8, 4) is 0 Å². The summed E-state index contributed by atoms with van der Waals surface area (Å²) in [4.78, 5) is 3.44. The van der Waals surface area contributed by atoms with Gasteiger partial charge in [-0.25, -0.2) is 9.37 Å². The van der Waals surface area contributed by atoms with E-state index in [-0.39, 0.29) is 5.82 Å². The number of anilines is 2. The van der Waals surface area contributed by atoms with Crippen LogP contribution in [-0.2, 0) is 0 Å². The van der Waals surface area contributed by atoms with Crippen LogP contribution in [0, 0.1) is 18.7 Å². The molecule has 0 aliphatic rings. The number of nitrogens with zero attached hydrogens (tertiary/aromatic N) is 1. The zero-order chi connectivity index (χ0) is 11.5. The Bertz CT molecular complexity index is 512. The molecular weight excluding hydrogens is 210 g/mol. The molecular formula is C12H10F2N2. The molecule has 2 aromatic rings. The Morgan fingerprint density at radius 3 is 2.69 bits per heavy atom. The Morgan fingerprint density at radius 1 is 1.12 bits per heavy atom. The highest BCUT2D eigenvalue weighted by atomic mass is 19.1. The molecule has 82 valence electrons. The van der Waals surface area contributed by atoms with Crippen molar-refractivity contribution >= 4 is 11.4 Å². The van der Waals surface area contributed by atoms with Gasteiger partial charge in [-0.3, -0.25) is 0 Å². The monoisotopic (exact) mass is 220 g/mol. The fraction of sp³-hybridized carbons (Fsp3) is 0.0833. The van der Waals surface area contributed by atoms with Gasteiger partial charge in [0.1, 0.15) is 5.82 Å². The van der Waals surface area contributed by atoms with Crippen molar-refractivity contribution in [1.82, 2.24) is 4.98 Å². The lowest BCUT2D eigenvalue weighted by atomic mass is 10.2. The number of hydrogen-bond donors (Lipinski definition) is 1. The molecule has 0 unspecified atom stereocenters. The molecule has 1 heterocycles. The van der Waals surface area contributed by atoms with Crippen molar-refractivity contribution in [3.63, 3.8) is 0 Å². The van der Waals surface area contributed by atoms with Crippen molar-refractivity contribution in [2.24, 2.45) is 0 Å². The Morgan fingerprint density at radius 2 is 1.94 bits per heavy atom. The molecule has 4 heteroatoms. The highest BCUT2D eigenvalue weighted by molar-refractivity contribution is 5.62. The number of rotatable bonds is 2. The molecule has 1 N–H and O–H groups in total. The highest BCUT2D eigenvalue weighted by Crippen LogP contribution is 2.21. The van der Waals surface area contributed by atoms with Crippen LogP contribution >= 0.6 is 0 Å². The molecule has 0 saturated heterocycles. The van der Waals surface area contributed by atoms with Gasteiger partial charge in [0.15, 0.2) is 0 Å². The van der Waals surface area contributed by atoms with Crippen LogP contribution in [0.15, 0.2) is 36.5 Å². The zero-order valence-electron chi connectivity index (χ0n) is 8.67. The number of benzene rings is 1. The van der Waals surface area contributed by atoms with Crippen LogP contribution in [0.4, 0.5) is 20.2 Å². The lowest BCUT2D eigenvalue weighted by Crippen LogP contribution is -1.95. The Hall–Kier alpha value is -1.97. The van der Waals surface area contributed by atoms with Crippen LogP contribution in [0.3, 0.4) is 0 Å². The molecule has 0 fully saturated rings. The van der Waals surface area contributed by atoms with E-state index in [0.29, 0.717) is 11.4 Å². The van der Waals surface area contributed by atoms with E-state index in [1.54, 1.807) is 12.1 Å². The summed E-state index contributed by atoms with van der Waals surface area (Å²) in [6, 6.07) is 7.29. The van der Waals surface area contributed by atoms with Gasteiger partial charge in [0.2, 0.25) is 5.95 Å². The van der Waals surface area contributed by atoms with Gasteiger partial charge in [0, 0.05) is 23.6 Å². The van der Waals surface area contributed by atoms with E-state index in [1.807, 2.05) is 6.92 Å². The molecule has 0 spiro atoms. The molecule has 16 heavy (non-hydrogen) atoms. The number of pyridine rings is 1. The van der Waals surface area contributed by atoms with Crippen LogP contribution in [0.2, 0.25) is 0 Å². The molecule has 0 aliphatic carbocycles. The third-order valence-corrected chi connectivity index (χ3v) is 2.21. The van der Waals surface area contributed by atoms with Crippen molar-refractivity contribution in [2.45, 2.75) is 6.92 Å². The first-order valence-electron chi connectivity index (χ1n) is 4.80. The van der Waals surface area contributed by atoms with Gasteiger partial charge in [0.25, 0.3) is 0 Å². The second-order valence-electron chi connectivity index (χ2n) is 3.45. The molecule has 0 bridgehead atoms. The first kappa shape index (κ1) is 10.5. The lowest BCUT2D eigenvalue weighted by Gasteiger charge is -2.09. The quantitative estimate of drug-likeness (QED) is 0.784. The largest absolute Gasteiger partial charge is 0.355 e. The minimum atomic E-state index is -0.570. The predicted molar refractivity (Wildman–Crippen MR) is 58.6 cm³/mol. The zero-order valence-corrected chi connectivity index (χ0v) is 8.67. The Labute approximate surface area is 92.0 Å². The normalized spacial score (nSPS) is 10.2. The summed E-state index contributed by atoms with van der Waals surface area (Å²) < 4.78 is 25.8. The molecule has 0 radical (unpaired) electrons. The summed E-state index contributed by atoms with van der Waals surface area (Å²) in [6.45, 7) is 1.85. The van der Waals surface area contributed by atoms with E-state index in [4.69, 9.17) is 0 Å². The van der Waals surface area contributed by atoms with Gasteiger partial charge >= 0.3 is 0 Å². The fourth-order valence-electron chi connectivity index (χ4n) is 1.36. The minimum Gasteiger partial charge on any atom is -0.355 e. The molecule has 0 amide bonds. The lowest BCUT2D eigenvalue weighted by molar-refractivity contribution is 0.584. The van der Waals surface area contributed by atoms with Crippen molar-refractivity contribution in [2.75, 3.05) is 5.32 Å². The van der Waals surface area contributed by atoms with E-state index in [9.17, 15) is 8.78 Å². The van der Waals surface area contributed by atoms with Crippen molar-refractivity contribution in [3.05, 3.63) is 53.9 Å². The Kier molecular flexibility index (Phi) is 2.81. The molecule has 2 rings (SSSR count). The third kappa shape index (κ3) is 2.34. The Balaban J connectivity index is 2.30. The summed E-state index contributed by atoms with van der Waals surface area (Å²) in [7, 11) is 0. The number of nitrogens with one attached hydrogen (secondary N) is 1. The van der Waals surface area contributed by atoms with E-state index >= 15 is 0 Å². The maximum absolute atomic E-state index is 13.0. The number of halogens is 2. The van der Waals surface area contributed by atoms with Gasteiger partial charge in [-0.05, 0) is 30.7 Å². The van der Waals surface area contributed by atoms with Gasteiger partial charge in [-0.2, -0.15) is 4.39 Å². The van der Waals surface area contributed by atoms with E-state index < -0.39 is 5.95 Å². The van der Waals surface area contributed by atoms with Crippen LogP contribution < -0.4 is 5.32 Å². The second-order valence-corrected chi connectivity index (χ2v) is 3.45. The molecule has 2 nitrogen and oxygen atoms in total. The van der Waals surface area contributed by atoms with Crippen LogP contribution in [0.5, 0.6) is 0 Å². The average molecular weight is 220 g/mol. The SMILES string of the molecule is Cc1ccc(F)cc1Nc1ccnc(F)c1. The molecule has 0 saturated carbocycles. The van der Waals surface area contributed by atoms with E-state index in [1.165, 1.54) is 24.4 Å². The summed E-state index contributed by atoms with van der Waals surface area (Å²) in [5.41, 5.74) is 2.05. The van der Waals surface area contributed by atoms with E-state index in [2.05, 4.69) is 10.3 Å². The van der Waals surface area contributed by atoms with Gasteiger partial charge in [0.05, 0.1) is 0 Å². The first-order valence-corrected chi connectivity index (χ1v) is 4.80. The van der Waals surface area contributed by atoms with Crippen LogP contribution in [0.1, 0.15) is 5.56 Å². The smallest absolute Gasteiger partial charge is 0.214 e. The summed E-state index contributed by atoms with van der Waals surface area (Å²) >= 11 is 0. The predicted octanol–water partition coefficient (Wildman–Crippen LogP) is 3.41. The average Bonchev–Trinajstić information content (AvgIpc) is 2.24. The number of aromatic nitrogens is 1. The molecule has 0 aliphatic heterocycles. The maximum Gasteiger partial charge on any atom is 0.214 e. The fourth-order valence-corrected chi connectivity index (χ4v) is 1.36.